The minimum atomic E-state index is -0.587. The van der Waals surface area contributed by atoms with Gasteiger partial charge in [-0.3, -0.25) is 4.79 Å². The van der Waals surface area contributed by atoms with Gasteiger partial charge in [0.15, 0.2) is 0 Å². The maximum atomic E-state index is 13.9. The fourth-order valence-electron chi connectivity index (χ4n) is 2.94. The van der Waals surface area contributed by atoms with Crippen LogP contribution in [0.2, 0.25) is 0 Å². The van der Waals surface area contributed by atoms with Crippen LogP contribution in [0.25, 0.3) is 0 Å². The zero-order valence-corrected chi connectivity index (χ0v) is 14.3. The lowest BCUT2D eigenvalue weighted by molar-refractivity contribution is -0.114. The highest BCUT2D eigenvalue weighted by molar-refractivity contribution is 5.93. The molecule has 2 aromatic carbocycles. The third kappa shape index (κ3) is 4.17. The van der Waals surface area contributed by atoms with Crippen molar-refractivity contribution in [2.24, 2.45) is 5.92 Å². The van der Waals surface area contributed by atoms with Gasteiger partial charge in [0.1, 0.15) is 11.6 Å². The van der Waals surface area contributed by atoms with Crippen LogP contribution in [0.3, 0.4) is 0 Å². The number of carbonyl (C=O) groups excluding carboxylic acids is 2. The van der Waals surface area contributed by atoms with E-state index in [4.69, 9.17) is 0 Å². The summed E-state index contributed by atoms with van der Waals surface area (Å²) in [5.41, 5.74) is 1.03. The molecular formula is C19H19F2N3O2. The van der Waals surface area contributed by atoms with E-state index in [9.17, 15) is 18.4 Å². The summed E-state index contributed by atoms with van der Waals surface area (Å²) in [6.45, 7) is 2.30. The van der Waals surface area contributed by atoms with Crippen molar-refractivity contribution in [3.8, 4) is 0 Å². The van der Waals surface area contributed by atoms with E-state index < -0.39 is 11.8 Å². The Morgan fingerprint density at radius 2 is 1.81 bits per heavy atom. The highest BCUT2D eigenvalue weighted by atomic mass is 19.1. The first-order valence-electron chi connectivity index (χ1n) is 8.29. The van der Waals surface area contributed by atoms with Crippen LogP contribution < -0.4 is 10.6 Å². The molecule has 1 heterocycles. The second kappa shape index (κ2) is 7.51. The van der Waals surface area contributed by atoms with E-state index in [0.29, 0.717) is 30.8 Å². The number of amides is 3. The summed E-state index contributed by atoms with van der Waals surface area (Å²) in [4.78, 5) is 24.8. The molecule has 3 rings (SSSR count). The number of halogens is 2. The van der Waals surface area contributed by atoms with Crippen molar-refractivity contribution in [1.82, 2.24) is 4.90 Å². The number of hydrogen-bond acceptors (Lipinski definition) is 2. The van der Waals surface area contributed by atoms with Gasteiger partial charge in [-0.2, -0.15) is 0 Å². The Bertz CT molecular complexity index is 835. The summed E-state index contributed by atoms with van der Waals surface area (Å²) < 4.78 is 27.5. The Hall–Kier alpha value is -2.96. The van der Waals surface area contributed by atoms with Crippen molar-refractivity contribution < 1.29 is 18.4 Å². The molecule has 7 heteroatoms. The van der Waals surface area contributed by atoms with E-state index in [1.165, 1.54) is 36.1 Å². The second-order valence-corrected chi connectivity index (χ2v) is 6.37. The second-order valence-electron chi connectivity index (χ2n) is 6.37. The summed E-state index contributed by atoms with van der Waals surface area (Å²) in [5, 5.41) is 5.04. The van der Waals surface area contributed by atoms with E-state index in [1.54, 1.807) is 18.2 Å². The summed E-state index contributed by atoms with van der Waals surface area (Å²) in [6, 6.07) is 10.1. The molecule has 0 radical (unpaired) electrons. The number of benzene rings is 2. The molecule has 0 bridgehead atoms. The Labute approximate surface area is 150 Å². The monoisotopic (exact) mass is 359 g/mol. The number of carbonyl (C=O) groups is 2. The molecule has 0 aliphatic carbocycles. The number of urea groups is 1. The lowest BCUT2D eigenvalue weighted by atomic mass is 9.92. The van der Waals surface area contributed by atoms with Gasteiger partial charge in [0, 0.05) is 25.7 Å². The van der Waals surface area contributed by atoms with Gasteiger partial charge >= 0.3 is 6.03 Å². The quantitative estimate of drug-likeness (QED) is 0.876. The largest absolute Gasteiger partial charge is 0.326 e. The van der Waals surface area contributed by atoms with E-state index in [1.807, 2.05) is 0 Å². The van der Waals surface area contributed by atoms with Gasteiger partial charge < -0.3 is 15.5 Å². The van der Waals surface area contributed by atoms with E-state index in [2.05, 4.69) is 10.6 Å². The first-order chi connectivity index (χ1) is 12.4. The molecule has 136 valence electrons. The molecule has 0 atom stereocenters. The maximum absolute atomic E-state index is 13.9. The predicted molar refractivity (Wildman–Crippen MR) is 94.9 cm³/mol. The molecule has 0 spiro atoms. The summed E-state index contributed by atoms with van der Waals surface area (Å²) in [5.74, 6) is -0.941. The van der Waals surface area contributed by atoms with Crippen LogP contribution in [0.4, 0.5) is 25.0 Å². The van der Waals surface area contributed by atoms with E-state index in [-0.39, 0.29) is 23.3 Å². The van der Waals surface area contributed by atoms with Crippen molar-refractivity contribution in [2.45, 2.75) is 13.3 Å². The lowest BCUT2D eigenvalue weighted by Gasteiger charge is -2.39. The van der Waals surface area contributed by atoms with Crippen molar-refractivity contribution in [3.05, 3.63) is 59.7 Å². The van der Waals surface area contributed by atoms with Gasteiger partial charge in [-0.1, -0.05) is 18.2 Å². The lowest BCUT2D eigenvalue weighted by Crippen LogP contribution is -2.52. The Morgan fingerprint density at radius 3 is 2.50 bits per heavy atom. The molecule has 26 heavy (non-hydrogen) atoms. The minimum Gasteiger partial charge on any atom is -0.326 e. The summed E-state index contributed by atoms with van der Waals surface area (Å²) in [7, 11) is 0. The Balaban J connectivity index is 1.55. The van der Waals surface area contributed by atoms with Crippen molar-refractivity contribution >= 4 is 23.3 Å². The summed E-state index contributed by atoms with van der Waals surface area (Å²) in [6.07, 6.45) is 0.558. The van der Waals surface area contributed by atoms with Crippen LogP contribution in [0.15, 0.2) is 42.5 Å². The maximum Gasteiger partial charge on any atom is 0.321 e. The fraction of sp³-hybridized carbons (Fsp3) is 0.263. The normalized spacial score (nSPS) is 13.9. The highest BCUT2D eigenvalue weighted by Gasteiger charge is 2.31. The average Bonchev–Trinajstić information content (AvgIpc) is 2.54. The number of anilines is 2. The highest BCUT2D eigenvalue weighted by Crippen LogP contribution is 2.24. The van der Waals surface area contributed by atoms with E-state index in [0.717, 1.165) is 0 Å². The molecule has 1 saturated heterocycles. The Kier molecular flexibility index (Phi) is 5.16. The zero-order valence-electron chi connectivity index (χ0n) is 14.3. The zero-order chi connectivity index (χ0) is 18.7. The summed E-state index contributed by atoms with van der Waals surface area (Å²) >= 11 is 0. The van der Waals surface area contributed by atoms with Crippen LogP contribution >= 0.6 is 0 Å². The first-order valence-corrected chi connectivity index (χ1v) is 8.29. The first kappa shape index (κ1) is 17.8. The van der Waals surface area contributed by atoms with Gasteiger partial charge in [0.05, 0.1) is 5.69 Å². The van der Waals surface area contributed by atoms with Crippen LogP contribution in [0, 0.1) is 17.6 Å². The van der Waals surface area contributed by atoms with Crippen LogP contribution in [0.5, 0.6) is 0 Å². The van der Waals surface area contributed by atoms with E-state index >= 15 is 0 Å². The SMILES string of the molecule is CC(=O)Nc1ccc(F)c(NC(=O)N2CC(Cc3ccccc3F)C2)c1. The Morgan fingerprint density at radius 1 is 1.08 bits per heavy atom. The van der Waals surface area contributed by atoms with Crippen LogP contribution in [-0.4, -0.2) is 29.9 Å². The third-order valence-corrected chi connectivity index (χ3v) is 4.24. The van der Waals surface area contributed by atoms with Gasteiger partial charge in [0.2, 0.25) is 5.91 Å². The topological polar surface area (TPSA) is 61.4 Å². The number of rotatable bonds is 4. The molecule has 3 amide bonds. The minimum absolute atomic E-state index is 0.00111. The van der Waals surface area contributed by atoms with Crippen LogP contribution in [-0.2, 0) is 11.2 Å². The average molecular weight is 359 g/mol. The van der Waals surface area contributed by atoms with Crippen LogP contribution in [0.1, 0.15) is 12.5 Å². The molecule has 5 nitrogen and oxygen atoms in total. The third-order valence-electron chi connectivity index (χ3n) is 4.24. The standard InChI is InChI=1S/C19H19F2N3O2/c1-12(25)22-15-6-7-17(21)18(9-15)23-19(26)24-10-13(11-24)8-14-4-2-3-5-16(14)20/h2-7,9,13H,8,10-11H2,1H3,(H,22,25)(H,23,26). The van der Waals surface area contributed by atoms with Gasteiger partial charge in [-0.25, -0.2) is 13.6 Å². The number of likely N-dealkylation sites (tertiary alicyclic amines) is 1. The fourth-order valence-corrected chi connectivity index (χ4v) is 2.94. The molecule has 1 fully saturated rings. The molecule has 0 unspecified atom stereocenters. The molecule has 1 aliphatic rings. The molecule has 0 saturated carbocycles. The molecule has 2 aromatic rings. The van der Waals surface area contributed by atoms with Crippen molar-refractivity contribution in [2.75, 3.05) is 23.7 Å². The smallest absolute Gasteiger partial charge is 0.321 e. The number of nitrogens with zero attached hydrogens (tertiary/aromatic N) is 1. The van der Waals surface area contributed by atoms with Gasteiger partial charge in [-0.15, -0.1) is 0 Å². The molecular weight excluding hydrogens is 340 g/mol. The van der Waals surface area contributed by atoms with Gasteiger partial charge in [0.25, 0.3) is 0 Å². The number of nitrogens with one attached hydrogen (secondary N) is 2. The van der Waals surface area contributed by atoms with Gasteiger partial charge in [-0.05, 0) is 42.2 Å². The molecule has 1 aliphatic heterocycles. The van der Waals surface area contributed by atoms with Crippen molar-refractivity contribution in [1.29, 1.82) is 0 Å². The predicted octanol–water partition coefficient (Wildman–Crippen LogP) is 3.63. The molecule has 0 aromatic heterocycles. The number of hydrogen-bond donors (Lipinski definition) is 2. The molecule has 2 N–H and O–H groups in total. The van der Waals surface area contributed by atoms with Crippen molar-refractivity contribution in [3.63, 3.8) is 0 Å².